The Bertz CT molecular complexity index is 731. The van der Waals surface area contributed by atoms with E-state index in [2.05, 4.69) is 20.5 Å². The highest BCUT2D eigenvalue weighted by Gasteiger charge is 2.15. The third-order valence-electron chi connectivity index (χ3n) is 3.01. The zero-order valence-corrected chi connectivity index (χ0v) is 11.7. The number of aliphatic hydroxyl groups is 1. The molecule has 0 aliphatic rings. The highest BCUT2D eigenvalue weighted by atomic mass is 35.5. The van der Waals surface area contributed by atoms with Crippen LogP contribution in [0.3, 0.4) is 0 Å². The molecule has 0 saturated carbocycles. The molecule has 1 atom stereocenters. The monoisotopic (exact) mass is 301 g/mol. The van der Waals surface area contributed by atoms with Crippen LogP contribution in [0.1, 0.15) is 11.7 Å². The van der Waals surface area contributed by atoms with Gasteiger partial charge in [-0.1, -0.05) is 29.8 Å². The minimum atomic E-state index is -0.755. The Balaban J connectivity index is 1.85. The Morgan fingerprint density at radius 1 is 1.19 bits per heavy atom. The lowest BCUT2D eigenvalue weighted by Gasteiger charge is -2.12. The van der Waals surface area contributed by atoms with Gasteiger partial charge in [0.2, 0.25) is 5.82 Å². The summed E-state index contributed by atoms with van der Waals surface area (Å²) < 4.78 is 1.52. The van der Waals surface area contributed by atoms with E-state index in [4.69, 9.17) is 11.6 Å². The minimum absolute atomic E-state index is 0.221. The van der Waals surface area contributed by atoms with E-state index in [9.17, 15) is 5.11 Å². The van der Waals surface area contributed by atoms with Crippen LogP contribution in [0.25, 0.3) is 11.5 Å². The van der Waals surface area contributed by atoms with Gasteiger partial charge in [0.15, 0.2) is 0 Å². The molecule has 2 heterocycles. The van der Waals surface area contributed by atoms with Crippen molar-refractivity contribution in [1.29, 1.82) is 0 Å². The molecule has 1 N–H and O–H groups in total. The quantitative estimate of drug-likeness (QED) is 0.799. The summed E-state index contributed by atoms with van der Waals surface area (Å²) >= 11 is 5.93. The fraction of sp³-hybridized carbons (Fsp3) is 0.143. The Morgan fingerprint density at radius 3 is 2.86 bits per heavy atom. The van der Waals surface area contributed by atoms with E-state index < -0.39 is 6.10 Å². The summed E-state index contributed by atoms with van der Waals surface area (Å²) in [5.74, 6) is 0.511. The molecule has 0 spiro atoms. The molecule has 3 rings (SSSR count). The summed E-state index contributed by atoms with van der Waals surface area (Å²) in [6, 6.07) is 12.6. The molecule has 0 amide bonds. The molecule has 2 aromatic heterocycles. The topological polar surface area (TPSA) is 76.7 Å². The number of aliphatic hydroxyl groups excluding tert-OH is 1. The van der Waals surface area contributed by atoms with Gasteiger partial charge in [0.25, 0.3) is 0 Å². The lowest BCUT2D eigenvalue weighted by molar-refractivity contribution is 0.151. The smallest absolute Gasteiger partial charge is 0.200 e. The second-order valence-corrected chi connectivity index (χ2v) is 4.91. The summed E-state index contributed by atoms with van der Waals surface area (Å²) in [7, 11) is 0. The molecular weight excluding hydrogens is 290 g/mol. The number of hydrogen-bond donors (Lipinski definition) is 1. The lowest BCUT2D eigenvalue weighted by Crippen LogP contribution is -2.12. The van der Waals surface area contributed by atoms with E-state index in [-0.39, 0.29) is 6.54 Å². The zero-order chi connectivity index (χ0) is 14.7. The molecule has 3 aromatic rings. The van der Waals surface area contributed by atoms with Gasteiger partial charge < -0.3 is 5.11 Å². The first kappa shape index (κ1) is 13.7. The number of halogens is 1. The van der Waals surface area contributed by atoms with Gasteiger partial charge in [-0.3, -0.25) is 4.98 Å². The molecule has 1 aromatic carbocycles. The third kappa shape index (κ3) is 3.07. The van der Waals surface area contributed by atoms with Crippen molar-refractivity contribution < 1.29 is 5.11 Å². The van der Waals surface area contributed by atoms with Crippen LogP contribution in [0, 0.1) is 0 Å². The van der Waals surface area contributed by atoms with Gasteiger partial charge in [-0.05, 0) is 40.3 Å². The summed E-state index contributed by atoms with van der Waals surface area (Å²) in [4.78, 5) is 4.21. The summed E-state index contributed by atoms with van der Waals surface area (Å²) in [5.41, 5.74) is 1.37. The Labute approximate surface area is 126 Å². The predicted octanol–water partition coefficient (Wildman–Crippen LogP) is 2.12. The maximum absolute atomic E-state index is 10.3. The van der Waals surface area contributed by atoms with E-state index in [1.165, 1.54) is 4.68 Å². The van der Waals surface area contributed by atoms with E-state index in [1.807, 2.05) is 18.2 Å². The van der Waals surface area contributed by atoms with Crippen LogP contribution in [0.2, 0.25) is 5.02 Å². The van der Waals surface area contributed by atoms with Crippen molar-refractivity contribution in [2.24, 2.45) is 0 Å². The number of nitrogens with zero attached hydrogens (tertiary/aromatic N) is 5. The minimum Gasteiger partial charge on any atom is -0.386 e. The van der Waals surface area contributed by atoms with Crippen LogP contribution in [0.4, 0.5) is 0 Å². The molecule has 0 fully saturated rings. The van der Waals surface area contributed by atoms with Gasteiger partial charge in [-0.15, -0.1) is 5.10 Å². The molecular formula is C14H12ClN5O. The number of pyridine rings is 1. The zero-order valence-electron chi connectivity index (χ0n) is 11.0. The van der Waals surface area contributed by atoms with E-state index in [0.717, 1.165) is 0 Å². The van der Waals surface area contributed by atoms with E-state index in [1.54, 1.807) is 30.5 Å². The van der Waals surface area contributed by atoms with Crippen molar-refractivity contribution in [3.05, 3.63) is 59.2 Å². The number of rotatable bonds is 4. The molecule has 0 aliphatic carbocycles. The van der Waals surface area contributed by atoms with Crippen molar-refractivity contribution in [3.8, 4) is 11.5 Å². The van der Waals surface area contributed by atoms with Crippen molar-refractivity contribution in [3.63, 3.8) is 0 Å². The SMILES string of the molecule is OC(Cn1nnnc1-c1ccccn1)c1cccc(Cl)c1. The lowest BCUT2D eigenvalue weighted by atomic mass is 10.1. The molecule has 0 saturated heterocycles. The van der Waals surface area contributed by atoms with Crippen LogP contribution < -0.4 is 0 Å². The number of tetrazole rings is 1. The second kappa shape index (κ2) is 5.99. The predicted molar refractivity (Wildman–Crippen MR) is 77.5 cm³/mol. The van der Waals surface area contributed by atoms with Crippen LogP contribution in [-0.4, -0.2) is 30.3 Å². The largest absolute Gasteiger partial charge is 0.386 e. The first-order valence-electron chi connectivity index (χ1n) is 6.35. The molecule has 1 unspecified atom stereocenters. The van der Waals surface area contributed by atoms with Crippen molar-refractivity contribution in [1.82, 2.24) is 25.2 Å². The molecule has 6 nitrogen and oxygen atoms in total. The second-order valence-electron chi connectivity index (χ2n) is 4.47. The standard InChI is InChI=1S/C14H12ClN5O/c15-11-5-3-4-10(8-11)13(21)9-20-14(17-18-19-20)12-6-1-2-7-16-12/h1-8,13,21H,9H2. The van der Waals surface area contributed by atoms with Gasteiger partial charge in [0.1, 0.15) is 5.69 Å². The normalized spacial score (nSPS) is 12.3. The third-order valence-corrected chi connectivity index (χ3v) is 3.24. The van der Waals surface area contributed by atoms with E-state index >= 15 is 0 Å². The number of benzene rings is 1. The first-order valence-corrected chi connectivity index (χ1v) is 6.73. The van der Waals surface area contributed by atoms with Gasteiger partial charge in [-0.2, -0.15) is 0 Å². The Morgan fingerprint density at radius 2 is 2.10 bits per heavy atom. The van der Waals surface area contributed by atoms with Gasteiger partial charge in [0.05, 0.1) is 12.6 Å². The van der Waals surface area contributed by atoms with Crippen LogP contribution in [0.5, 0.6) is 0 Å². The molecule has 106 valence electrons. The maximum atomic E-state index is 10.3. The highest BCUT2D eigenvalue weighted by molar-refractivity contribution is 6.30. The summed E-state index contributed by atoms with van der Waals surface area (Å²) in [5, 5.41) is 22.4. The van der Waals surface area contributed by atoms with Crippen LogP contribution >= 0.6 is 11.6 Å². The van der Waals surface area contributed by atoms with Gasteiger partial charge in [0, 0.05) is 11.2 Å². The molecule has 0 radical (unpaired) electrons. The van der Waals surface area contributed by atoms with Crippen LogP contribution in [-0.2, 0) is 6.54 Å². The van der Waals surface area contributed by atoms with Crippen LogP contribution in [0.15, 0.2) is 48.7 Å². The number of aromatic nitrogens is 5. The fourth-order valence-electron chi connectivity index (χ4n) is 1.99. The van der Waals surface area contributed by atoms with Crippen molar-refractivity contribution in [2.75, 3.05) is 0 Å². The molecule has 0 aliphatic heterocycles. The molecule has 21 heavy (non-hydrogen) atoms. The van der Waals surface area contributed by atoms with Crippen molar-refractivity contribution >= 4 is 11.6 Å². The summed E-state index contributed by atoms with van der Waals surface area (Å²) in [6.45, 7) is 0.221. The first-order chi connectivity index (χ1) is 10.2. The Hall–Kier alpha value is -2.31. The summed E-state index contributed by atoms with van der Waals surface area (Å²) in [6.07, 6.45) is 0.913. The average Bonchev–Trinajstić information content (AvgIpc) is 2.96. The fourth-order valence-corrected chi connectivity index (χ4v) is 2.19. The maximum Gasteiger partial charge on any atom is 0.200 e. The van der Waals surface area contributed by atoms with Gasteiger partial charge in [-0.25, -0.2) is 4.68 Å². The molecule has 7 heteroatoms. The Kier molecular flexibility index (Phi) is 3.89. The van der Waals surface area contributed by atoms with Crippen molar-refractivity contribution in [2.45, 2.75) is 12.6 Å². The highest BCUT2D eigenvalue weighted by Crippen LogP contribution is 2.20. The number of hydrogen-bond acceptors (Lipinski definition) is 5. The molecule has 0 bridgehead atoms. The van der Waals surface area contributed by atoms with Gasteiger partial charge >= 0.3 is 0 Å². The average molecular weight is 302 g/mol. The van der Waals surface area contributed by atoms with E-state index in [0.29, 0.717) is 22.1 Å².